The second kappa shape index (κ2) is 6.74. The molecule has 1 aromatic carbocycles. The largest absolute Gasteiger partial charge is 0.352 e. The first-order chi connectivity index (χ1) is 8.97. The van der Waals surface area contributed by atoms with Gasteiger partial charge in [0.15, 0.2) is 0 Å². The number of amides is 1. The average molecular weight is 273 g/mol. The second-order valence-corrected chi connectivity index (χ2v) is 3.80. The fourth-order valence-corrected chi connectivity index (χ4v) is 1.44. The van der Waals surface area contributed by atoms with E-state index in [1.807, 2.05) is 0 Å². The van der Waals surface area contributed by atoms with Crippen molar-refractivity contribution in [1.29, 1.82) is 0 Å². The summed E-state index contributed by atoms with van der Waals surface area (Å²) < 4.78 is 26.7. The van der Waals surface area contributed by atoms with Crippen LogP contribution in [0.3, 0.4) is 0 Å². The van der Waals surface area contributed by atoms with Crippen LogP contribution < -0.4 is 11.1 Å². The Morgan fingerprint density at radius 2 is 2.05 bits per heavy atom. The Labute approximate surface area is 107 Å². The number of unbranched alkanes of at least 4 members (excludes halogenated alkanes) is 1. The summed E-state index contributed by atoms with van der Waals surface area (Å²) in [5.41, 5.74) is 3.51. The molecule has 0 aromatic heterocycles. The van der Waals surface area contributed by atoms with Gasteiger partial charge in [0.1, 0.15) is 5.82 Å². The summed E-state index contributed by atoms with van der Waals surface area (Å²) in [4.78, 5) is 21.0. The number of nitro benzene ring substituents is 1. The molecule has 0 aliphatic heterocycles. The molecule has 0 heterocycles. The summed E-state index contributed by atoms with van der Waals surface area (Å²) in [5.74, 6) is -3.28. The zero-order valence-corrected chi connectivity index (χ0v) is 9.99. The van der Waals surface area contributed by atoms with Crippen molar-refractivity contribution in [3.63, 3.8) is 0 Å². The van der Waals surface area contributed by atoms with Gasteiger partial charge < -0.3 is 11.1 Å². The first kappa shape index (κ1) is 15.0. The van der Waals surface area contributed by atoms with Crippen molar-refractivity contribution in [3.8, 4) is 0 Å². The molecule has 3 N–H and O–H groups in total. The highest BCUT2D eigenvalue weighted by molar-refractivity contribution is 5.95. The third-order valence-corrected chi connectivity index (χ3v) is 2.38. The maximum absolute atomic E-state index is 13.6. The van der Waals surface area contributed by atoms with E-state index in [0.29, 0.717) is 31.5 Å². The predicted octanol–water partition coefficient (Wildman–Crippen LogP) is 1.34. The molecule has 0 radical (unpaired) electrons. The Hall–Kier alpha value is -2.09. The average Bonchev–Trinajstić information content (AvgIpc) is 2.36. The Morgan fingerprint density at radius 1 is 1.37 bits per heavy atom. The van der Waals surface area contributed by atoms with Crippen LogP contribution in [0, 0.1) is 21.7 Å². The van der Waals surface area contributed by atoms with Gasteiger partial charge in [-0.25, -0.2) is 4.39 Å². The molecule has 6 nitrogen and oxygen atoms in total. The molecule has 1 rings (SSSR count). The fraction of sp³-hybridized carbons (Fsp3) is 0.364. The lowest BCUT2D eigenvalue weighted by Gasteiger charge is -2.06. The smallest absolute Gasteiger partial charge is 0.308 e. The van der Waals surface area contributed by atoms with Crippen LogP contribution in [-0.2, 0) is 0 Å². The molecule has 19 heavy (non-hydrogen) atoms. The first-order valence-corrected chi connectivity index (χ1v) is 5.59. The monoisotopic (exact) mass is 273 g/mol. The van der Waals surface area contributed by atoms with Gasteiger partial charge in [-0.05, 0) is 25.5 Å². The van der Waals surface area contributed by atoms with Gasteiger partial charge in [0.05, 0.1) is 16.6 Å². The lowest BCUT2D eigenvalue weighted by molar-refractivity contribution is -0.387. The van der Waals surface area contributed by atoms with Gasteiger partial charge in [-0.2, -0.15) is 4.39 Å². The first-order valence-electron chi connectivity index (χ1n) is 5.59. The van der Waals surface area contributed by atoms with Crippen LogP contribution in [0.4, 0.5) is 14.5 Å². The Balaban J connectivity index is 2.88. The number of nitrogens with zero attached hydrogens (tertiary/aromatic N) is 1. The molecule has 0 bridgehead atoms. The minimum Gasteiger partial charge on any atom is -0.352 e. The zero-order chi connectivity index (χ0) is 14.4. The third-order valence-electron chi connectivity index (χ3n) is 2.38. The number of hydrogen-bond acceptors (Lipinski definition) is 4. The number of nitrogens with two attached hydrogens (primary N) is 1. The van der Waals surface area contributed by atoms with Crippen molar-refractivity contribution >= 4 is 11.6 Å². The highest BCUT2D eigenvalue weighted by Crippen LogP contribution is 2.22. The standard InChI is InChI=1S/C11H13F2N3O3/c12-7-5-8(10(13)9(6-7)16(18)19)11(17)15-4-2-1-3-14/h5-6H,1-4,14H2,(H,15,17). The number of carbonyl (C=O) groups excluding carboxylic acids is 1. The van der Waals surface area contributed by atoms with Crippen molar-refractivity contribution in [3.05, 3.63) is 39.4 Å². The maximum atomic E-state index is 13.6. The molecule has 0 atom stereocenters. The van der Waals surface area contributed by atoms with Crippen LogP contribution in [0.1, 0.15) is 23.2 Å². The summed E-state index contributed by atoms with van der Waals surface area (Å²) in [6.07, 6.45) is 1.26. The summed E-state index contributed by atoms with van der Waals surface area (Å²) in [7, 11) is 0. The summed E-state index contributed by atoms with van der Waals surface area (Å²) in [5, 5.41) is 12.8. The lowest BCUT2D eigenvalue weighted by Crippen LogP contribution is -2.26. The minimum absolute atomic E-state index is 0.236. The van der Waals surface area contributed by atoms with Crippen LogP contribution in [-0.4, -0.2) is 23.9 Å². The van der Waals surface area contributed by atoms with E-state index in [9.17, 15) is 23.7 Å². The van der Waals surface area contributed by atoms with Crippen molar-refractivity contribution in [2.24, 2.45) is 5.73 Å². The van der Waals surface area contributed by atoms with E-state index in [-0.39, 0.29) is 6.54 Å². The lowest BCUT2D eigenvalue weighted by atomic mass is 10.1. The maximum Gasteiger partial charge on any atom is 0.308 e. The Morgan fingerprint density at radius 3 is 2.63 bits per heavy atom. The second-order valence-electron chi connectivity index (χ2n) is 3.80. The predicted molar refractivity (Wildman–Crippen MR) is 63.6 cm³/mol. The van der Waals surface area contributed by atoms with Gasteiger partial charge in [-0.1, -0.05) is 0 Å². The van der Waals surface area contributed by atoms with Gasteiger partial charge >= 0.3 is 5.69 Å². The van der Waals surface area contributed by atoms with Gasteiger partial charge in [0.25, 0.3) is 5.91 Å². The minimum atomic E-state index is -1.34. The summed E-state index contributed by atoms with van der Waals surface area (Å²) in [6, 6.07) is 1.06. The normalized spacial score (nSPS) is 10.3. The number of hydrogen-bond donors (Lipinski definition) is 2. The fourth-order valence-electron chi connectivity index (χ4n) is 1.44. The van der Waals surface area contributed by atoms with Crippen molar-refractivity contribution in [1.82, 2.24) is 5.32 Å². The van der Waals surface area contributed by atoms with E-state index in [2.05, 4.69) is 5.32 Å². The number of carbonyl (C=O) groups is 1. The molecule has 0 unspecified atom stereocenters. The molecule has 104 valence electrons. The van der Waals surface area contributed by atoms with Gasteiger partial charge in [0.2, 0.25) is 5.82 Å². The number of nitro groups is 1. The van der Waals surface area contributed by atoms with E-state index in [4.69, 9.17) is 5.73 Å². The van der Waals surface area contributed by atoms with Crippen LogP contribution in [0.15, 0.2) is 12.1 Å². The highest BCUT2D eigenvalue weighted by Gasteiger charge is 2.23. The molecular weight excluding hydrogens is 260 g/mol. The number of halogens is 2. The molecule has 1 aromatic rings. The van der Waals surface area contributed by atoms with E-state index < -0.39 is 33.7 Å². The molecule has 0 saturated carbocycles. The van der Waals surface area contributed by atoms with Crippen molar-refractivity contribution in [2.45, 2.75) is 12.8 Å². The van der Waals surface area contributed by atoms with E-state index in [1.165, 1.54) is 0 Å². The van der Waals surface area contributed by atoms with E-state index in [1.54, 1.807) is 0 Å². The van der Waals surface area contributed by atoms with Crippen molar-refractivity contribution in [2.75, 3.05) is 13.1 Å². The Bertz CT molecular complexity index is 494. The molecule has 0 aliphatic rings. The molecule has 0 spiro atoms. The number of nitrogens with one attached hydrogen (secondary N) is 1. The number of rotatable bonds is 6. The molecule has 8 heteroatoms. The third kappa shape index (κ3) is 3.95. The van der Waals surface area contributed by atoms with Crippen LogP contribution in [0.5, 0.6) is 0 Å². The SMILES string of the molecule is NCCCCNC(=O)c1cc(F)cc([N+](=O)[O-])c1F. The molecule has 0 fully saturated rings. The summed E-state index contributed by atoms with van der Waals surface area (Å²) >= 11 is 0. The van der Waals surface area contributed by atoms with Gasteiger partial charge in [-0.3, -0.25) is 14.9 Å². The molecule has 0 aliphatic carbocycles. The van der Waals surface area contributed by atoms with Crippen molar-refractivity contribution < 1.29 is 18.5 Å². The zero-order valence-electron chi connectivity index (χ0n) is 9.99. The number of benzene rings is 1. The topological polar surface area (TPSA) is 98.3 Å². The quantitative estimate of drug-likeness (QED) is 0.464. The summed E-state index contributed by atoms with van der Waals surface area (Å²) in [6.45, 7) is 0.690. The van der Waals surface area contributed by atoms with Crippen LogP contribution in [0.2, 0.25) is 0 Å². The van der Waals surface area contributed by atoms with E-state index >= 15 is 0 Å². The van der Waals surface area contributed by atoms with Gasteiger partial charge in [0, 0.05) is 6.54 Å². The highest BCUT2D eigenvalue weighted by atomic mass is 19.1. The van der Waals surface area contributed by atoms with Crippen LogP contribution in [0.25, 0.3) is 0 Å². The Kier molecular flexibility index (Phi) is 5.31. The molecular formula is C11H13F2N3O3. The van der Waals surface area contributed by atoms with Gasteiger partial charge in [-0.15, -0.1) is 0 Å². The van der Waals surface area contributed by atoms with E-state index in [0.717, 1.165) is 0 Å². The van der Waals surface area contributed by atoms with Crippen LogP contribution >= 0.6 is 0 Å². The molecule has 1 amide bonds. The molecule has 0 saturated heterocycles.